The predicted octanol–water partition coefficient (Wildman–Crippen LogP) is 7.72. The summed E-state index contributed by atoms with van der Waals surface area (Å²) in [4.78, 5) is 15.5. The molecular formula is C33H32N2O3. The Balaban J connectivity index is 1.56. The molecule has 1 atom stereocenters. The van der Waals surface area contributed by atoms with Crippen molar-refractivity contribution in [1.29, 1.82) is 0 Å². The number of aryl methyl sites for hydroxylation is 2. The highest BCUT2D eigenvalue weighted by Crippen LogP contribution is 2.57. The van der Waals surface area contributed by atoms with Crippen molar-refractivity contribution >= 4 is 23.0 Å². The molecule has 6 rings (SSSR count). The van der Waals surface area contributed by atoms with Gasteiger partial charge in [0, 0.05) is 52.9 Å². The second-order valence-electron chi connectivity index (χ2n) is 9.91. The highest BCUT2D eigenvalue weighted by molar-refractivity contribution is 5.97. The molecule has 0 radical (unpaired) electrons. The molecule has 2 heterocycles. The SMILES string of the molecule is CCc1cccc(Nc2cc3c(cc2C)Oc2cc(N(CC)CC)ccc2C32OC(=O)c3ccccc32)c1. The third-order valence-corrected chi connectivity index (χ3v) is 7.79. The van der Waals surface area contributed by atoms with Crippen molar-refractivity contribution < 1.29 is 14.3 Å². The number of carbonyl (C=O) groups is 1. The first-order chi connectivity index (χ1) is 18.5. The Morgan fingerprint density at radius 3 is 2.39 bits per heavy atom. The lowest BCUT2D eigenvalue weighted by Gasteiger charge is -2.37. The van der Waals surface area contributed by atoms with Crippen molar-refractivity contribution in [1.82, 2.24) is 0 Å². The maximum atomic E-state index is 13.3. The molecule has 0 aliphatic carbocycles. The monoisotopic (exact) mass is 504 g/mol. The second kappa shape index (κ2) is 9.25. The van der Waals surface area contributed by atoms with Crippen LogP contribution < -0.4 is 15.0 Å². The zero-order valence-electron chi connectivity index (χ0n) is 22.3. The molecule has 0 fully saturated rings. The van der Waals surface area contributed by atoms with Crippen LogP contribution in [0, 0.1) is 6.92 Å². The van der Waals surface area contributed by atoms with Gasteiger partial charge < -0.3 is 19.7 Å². The fourth-order valence-electron chi connectivity index (χ4n) is 5.75. The van der Waals surface area contributed by atoms with E-state index >= 15 is 0 Å². The second-order valence-corrected chi connectivity index (χ2v) is 9.91. The van der Waals surface area contributed by atoms with Crippen molar-refractivity contribution in [2.45, 2.75) is 39.7 Å². The van der Waals surface area contributed by atoms with E-state index in [0.29, 0.717) is 17.1 Å². The van der Waals surface area contributed by atoms with E-state index in [1.54, 1.807) is 0 Å². The zero-order valence-corrected chi connectivity index (χ0v) is 22.3. The number of carbonyl (C=O) groups excluding carboxylic acids is 1. The number of hydrogen-bond donors (Lipinski definition) is 1. The summed E-state index contributed by atoms with van der Waals surface area (Å²) in [6, 6.07) is 26.5. The van der Waals surface area contributed by atoms with Gasteiger partial charge in [-0.3, -0.25) is 0 Å². The first-order valence-corrected chi connectivity index (χ1v) is 13.4. The molecule has 0 aromatic heterocycles. The molecule has 0 amide bonds. The molecule has 1 unspecified atom stereocenters. The van der Waals surface area contributed by atoms with Crippen molar-refractivity contribution in [3.05, 3.63) is 112 Å². The van der Waals surface area contributed by atoms with E-state index in [4.69, 9.17) is 9.47 Å². The van der Waals surface area contributed by atoms with Crippen LogP contribution in [0.3, 0.4) is 0 Å². The van der Waals surface area contributed by atoms with Crippen LogP contribution in [0.25, 0.3) is 0 Å². The van der Waals surface area contributed by atoms with Crippen LogP contribution in [-0.2, 0) is 16.8 Å². The van der Waals surface area contributed by atoms with Crippen LogP contribution in [0.4, 0.5) is 17.1 Å². The van der Waals surface area contributed by atoms with Gasteiger partial charge in [0.1, 0.15) is 11.5 Å². The predicted molar refractivity (Wildman–Crippen MR) is 152 cm³/mol. The first kappa shape index (κ1) is 24.1. The van der Waals surface area contributed by atoms with Crippen molar-refractivity contribution in [3.63, 3.8) is 0 Å². The molecule has 0 saturated heterocycles. The minimum Gasteiger partial charge on any atom is -0.456 e. The molecule has 5 heteroatoms. The average molecular weight is 505 g/mol. The number of ether oxygens (including phenoxy) is 2. The van der Waals surface area contributed by atoms with E-state index in [0.717, 1.165) is 58.8 Å². The summed E-state index contributed by atoms with van der Waals surface area (Å²) >= 11 is 0. The maximum absolute atomic E-state index is 13.3. The summed E-state index contributed by atoms with van der Waals surface area (Å²) in [5, 5.41) is 3.60. The van der Waals surface area contributed by atoms with Crippen LogP contribution in [0.1, 0.15) is 58.9 Å². The minimum absolute atomic E-state index is 0.321. The number of hydrogen-bond acceptors (Lipinski definition) is 5. The Kier molecular flexibility index (Phi) is 5.87. The van der Waals surface area contributed by atoms with Gasteiger partial charge in [0.15, 0.2) is 5.60 Å². The van der Waals surface area contributed by atoms with Gasteiger partial charge in [0.25, 0.3) is 0 Å². The van der Waals surface area contributed by atoms with E-state index in [-0.39, 0.29) is 5.97 Å². The summed E-state index contributed by atoms with van der Waals surface area (Å²) in [5.74, 6) is 1.09. The third kappa shape index (κ3) is 3.65. The molecule has 5 nitrogen and oxygen atoms in total. The molecular weight excluding hydrogens is 472 g/mol. The van der Waals surface area contributed by atoms with E-state index in [2.05, 4.69) is 86.4 Å². The smallest absolute Gasteiger partial charge is 0.340 e. The quantitative estimate of drug-likeness (QED) is 0.273. The largest absolute Gasteiger partial charge is 0.456 e. The molecule has 192 valence electrons. The third-order valence-electron chi connectivity index (χ3n) is 7.79. The summed E-state index contributed by atoms with van der Waals surface area (Å²) in [6.07, 6.45) is 0.967. The van der Waals surface area contributed by atoms with Gasteiger partial charge in [-0.1, -0.05) is 37.3 Å². The Bertz CT molecular complexity index is 1560. The molecule has 2 aliphatic rings. The Morgan fingerprint density at radius 1 is 0.816 bits per heavy atom. The number of benzene rings is 4. The molecule has 2 aliphatic heterocycles. The zero-order chi connectivity index (χ0) is 26.4. The van der Waals surface area contributed by atoms with E-state index < -0.39 is 5.60 Å². The van der Waals surface area contributed by atoms with Crippen LogP contribution in [0.15, 0.2) is 78.9 Å². The number of rotatable bonds is 6. The Labute approximate surface area is 224 Å². The standard InChI is InChI=1S/C33H32N2O3/c1-5-22-11-10-12-23(18-22)34-29-20-28-30(17-21(29)4)37-31-19-24(35(6-2)7-3)15-16-27(31)33(28)26-14-9-8-13-25(26)32(36)38-33/h8-20,34H,5-7H2,1-4H3. The van der Waals surface area contributed by atoms with Crippen LogP contribution >= 0.6 is 0 Å². The Morgan fingerprint density at radius 2 is 1.61 bits per heavy atom. The summed E-state index contributed by atoms with van der Waals surface area (Å²) in [6.45, 7) is 10.3. The lowest BCUT2D eigenvalue weighted by Crippen LogP contribution is -2.33. The van der Waals surface area contributed by atoms with Gasteiger partial charge in [-0.05, 0) is 80.8 Å². The highest BCUT2D eigenvalue weighted by atomic mass is 16.6. The van der Waals surface area contributed by atoms with Gasteiger partial charge in [0.2, 0.25) is 0 Å². The number of nitrogens with one attached hydrogen (secondary N) is 1. The van der Waals surface area contributed by atoms with E-state index in [1.165, 1.54) is 5.56 Å². The summed E-state index contributed by atoms with van der Waals surface area (Å²) in [5.41, 5.74) is 7.35. The first-order valence-electron chi connectivity index (χ1n) is 13.4. The van der Waals surface area contributed by atoms with Crippen LogP contribution in [0.2, 0.25) is 0 Å². The molecule has 38 heavy (non-hydrogen) atoms. The fraction of sp³-hybridized carbons (Fsp3) is 0.242. The van der Waals surface area contributed by atoms with Crippen LogP contribution in [-0.4, -0.2) is 19.1 Å². The average Bonchev–Trinajstić information content (AvgIpc) is 3.23. The summed E-state index contributed by atoms with van der Waals surface area (Å²) < 4.78 is 13.0. The number of anilines is 3. The molecule has 4 aromatic rings. The molecule has 1 N–H and O–H groups in total. The number of esters is 1. The van der Waals surface area contributed by atoms with Crippen LogP contribution in [0.5, 0.6) is 11.5 Å². The molecule has 0 saturated carbocycles. The van der Waals surface area contributed by atoms with Crippen molar-refractivity contribution in [2.24, 2.45) is 0 Å². The molecule has 1 spiro atoms. The number of fused-ring (bicyclic) bond motifs is 6. The fourth-order valence-corrected chi connectivity index (χ4v) is 5.75. The van der Waals surface area contributed by atoms with Gasteiger partial charge in [0.05, 0.1) is 5.56 Å². The lowest BCUT2D eigenvalue weighted by molar-refractivity contribution is 0.0224. The molecule has 4 aromatic carbocycles. The van der Waals surface area contributed by atoms with Gasteiger partial charge in [-0.25, -0.2) is 4.79 Å². The normalized spacial score (nSPS) is 16.8. The Hall–Kier alpha value is -4.25. The topological polar surface area (TPSA) is 50.8 Å². The van der Waals surface area contributed by atoms with Gasteiger partial charge >= 0.3 is 5.97 Å². The molecule has 0 bridgehead atoms. The maximum Gasteiger partial charge on any atom is 0.340 e. The summed E-state index contributed by atoms with van der Waals surface area (Å²) in [7, 11) is 0. The highest BCUT2D eigenvalue weighted by Gasteiger charge is 2.53. The lowest BCUT2D eigenvalue weighted by atomic mass is 9.77. The van der Waals surface area contributed by atoms with Crippen molar-refractivity contribution in [3.8, 4) is 11.5 Å². The van der Waals surface area contributed by atoms with Gasteiger partial charge in [-0.2, -0.15) is 0 Å². The van der Waals surface area contributed by atoms with Gasteiger partial charge in [-0.15, -0.1) is 0 Å². The number of nitrogens with zero attached hydrogens (tertiary/aromatic N) is 1. The van der Waals surface area contributed by atoms with E-state index in [1.807, 2.05) is 30.3 Å². The minimum atomic E-state index is -1.09. The van der Waals surface area contributed by atoms with E-state index in [9.17, 15) is 4.79 Å². The van der Waals surface area contributed by atoms with Crippen molar-refractivity contribution in [2.75, 3.05) is 23.3 Å².